The third-order valence-electron chi connectivity index (χ3n) is 5.41. The number of nitrogens with zero attached hydrogens (tertiary/aromatic N) is 1. The van der Waals surface area contributed by atoms with Gasteiger partial charge < -0.3 is 16.3 Å². The van der Waals surface area contributed by atoms with Gasteiger partial charge in [-0.15, -0.1) is 0 Å². The summed E-state index contributed by atoms with van der Waals surface area (Å²) in [5, 5.41) is 15.4. The number of carbonyl (C=O) groups excluding carboxylic acids is 1. The average molecular weight is 295 g/mol. The molecule has 0 unspecified atom stereocenters. The second-order valence-electron chi connectivity index (χ2n) is 7.54. The molecule has 0 bridgehead atoms. The van der Waals surface area contributed by atoms with Crippen LogP contribution in [0.25, 0.3) is 0 Å². The van der Waals surface area contributed by atoms with E-state index in [-0.39, 0.29) is 17.8 Å². The van der Waals surface area contributed by atoms with Gasteiger partial charge >= 0.3 is 0 Å². The second-order valence-corrected chi connectivity index (χ2v) is 7.54. The molecule has 0 atom stereocenters. The Morgan fingerprint density at radius 1 is 1.14 bits per heavy atom. The standard InChI is InChI=1S/C16H29N3O2/c1-15(2)10-6-12(7-11-15)18-14(20)16(13(17)19-21)8-4-3-5-9-16/h12,21H,3-11H2,1-2H3,(H2,17,19)(H,18,20). The molecule has 0 saturated heterocycles. The first-order valence-electron chi connectivity index (χ1n) is 8.19. The Morgan fingerprint density at radius 3 is 2.24 bits per heavy atom. The minimum Gasteiger partial charge on any atom is -0.409 e. The largest absolute Gasteiger partial charge is 0.409 e. The van der Waals surface area contributed by atoms with Crippen LogP contribution in [-0.4, -0.2) is 23.0 Å². The van der Waals surface area contributed by atoms with E-state index in [2.05, 4.69) is 24.3 Å². The third-order valence-corrected chi connectivity index (χ3v) is 5.41. The van der Waals surface area contributed by atoms with Gasteiger partial charge in [0.25, 0.3) is 0 Å². The van der Waals surface area contributed by atoms with Gasteiger partial charge in [-0.1, -0.05) is 38.3 Å². The first-order valence-corrected chi connectivity index (χ1v) is 8.19. The Kier molecular flexibility index (Phi) is 4.79. The lowest BCUT2D eigenvalue weighted by Crippen LogP contribution is -2.53. The van der Waals surface area contributed by atoms with Crippen LogP contribution in [0.1, 0.15) is 71.6 Å². The highest BCUT2D eigenvalue weighted by Gasteiger charge is 2.44. The van der Waals surface area contributed by atoms with Gasteiger partial charge in [-0.25, -0.2) is 0 Å². The predicted octanol–water partition coefficient (Wildman–Crippen LogP) is 2.77. The zero-order chi connectivity index (χ0) is 15.5. The summed E-state index contributed by atoms with van der Waals surface area (Å²) in [6, 6.07) is 0.232. The molecule has 2 fully saturated rings. The lowest BCUT2D eigenvalue weighted by atomic mass is 9.71. The molecule has 0 radical (unpaired) electrons. The van der Waals surface area contributed by atoms with Crippen molar-refractivity contribution in [3.05, 3.63) is 0 Å². The van der Waals surface area contributed by atoms with E-state index < -0.39 is 5.41 Å². The van der Waals surface area contributed by atoms with Crippen molar-refractivity contribution in [2.24, 2.45) is 21.7 Å². The molecule has 2 aliphatic carbocycles. The number of oxime groups is 1. The van der Waals surface area contributed by atoms with Gasteiger partial charge in [0.15, 0.2) is 5.84 Å². The van der Waals surface area contributed by atoms with Gasteiger partial charge in [0, 0.05) is 6.04 Å². The highest BCUT2D eigenvalue weighted by Crippen LogP contribution is 2.39. The number of amidine groups is 1. The van der Waals surface area contributed by atoms with Gasteiger partial charge in [0.1, 0.15) is 5.41 Å². The molecule has 0 heterocycles. The van der Waals surface area contributed by atoms with E-state index in [9.17, 15) is 4.79 Å². The molecule has 4 N–H and O–H groups in total. The lowest BCUT2D eigenvalue weighted by molar-refractivity contribution is -0.130. The SMILES string of the molecule is CC1(C)CCC(NC(=O)C2(C(N)=NO)CCCCC2)CC1. The topological polar surface area (TPSA) is 87.7 Å². The van der Waals surface area contributed by atoms with E-state index in [0.717, 1.165) is 44.9 Å². The van der Waals surface area contributed by atoms with Gasteiger partial charge in [-0.05, 0) is 43.9 Å². The van der Waals surface area contributed by atoms with Crippen molar-refractivity contribution in [3.63, 3.8) is 0 Å². The molecule has 0 spiro atoms. The van der Waals surface area contributed by atoms with Gasteiger partial charge in [0.2, 0.25) is 5.91 Å². The molecular formula is C16H29N3O2. The van der Waals surface area contributed by atoms with E-state index in [4.69, 9.17) is 10.9 Å². The van der Waals surface area contributed by atoms with Crippen molar-refractivity contribution in [2.75, 3.05) is 0 Å². The fourth-order valence-electron chi connectivity index (χ4n) is 3.72. The third kappa shape index (κ3) is 3.50. The molecule has 120 valence electrons. The molecule has 5 heteroatoms. The van der Waals surface area contributed by atoms with Crippen molar-refractivity contribution >= 4 is 11.7 Å². The van der Waals surface area contributed by atoms with Crippen molar-refractivity contribution in [2.45, 2.75) is 77.7 Å². The number of nitrogens with one attached hydrogen (secondary N) is 1. The van der Waals surface area contributed by atoms with Crippen LogP contribution in [0, 0.1) is 10.8 Å². The maximum Gasteiger partial charge on any atom is 0.234 e. The van der Waals surface area contributed by atoms with E-state index in [1.807, 2.05) is 0 Å². The summed E-state index contributed by atoms with van der Waals surface area (Å²) >= 11 is 0. The number of hydrogen-bond donors (Lipinski definition) is 3. The van der Waals surface area contributed by atoms with E-state index in [0.29, 0.717) is 18.3 Å². The molecule has 5 nitrogen and oxygen atoms in total. The molecule has 0 aromatic rings. The highest BCUT2D eigenvalue weighted by atomic mass is 16.4. The second kappa shape index (κ2) is 6.24. The zero-order valence-electron chi connectivity index (χ0n) is 13.3. The molecule has 21 heavy (non-hydrogen) atoms. The average Bonchev–Trinajstić information content (AvgIpc) is 2.49. The normalized spacial score (nSPS) is 26.3. The fraction of sp³-hybridized carbons (Fsp3) is 0.875. The van der Waals surface area contributed by atoms with Crippen molar-refractivity contribution in [3.8, 4) is 0 Å². The Balaban J connectivity index is 2.03. The predicted molar refractivity (Wildman–Crippen MR) is 83.1 cm³/mol. The maximum absolute atomic E-state index is 12.8. The summed E-state index contributed by atoms with van der Waals surface area (Å²) in [4.78, 5) is 12.8. The first-order chi connectivity index (χ1) is 9.89. The monoisotopic (exact) mass is 295 g/mol. The van der Waals surface area contributed by atoms with Crippen LogP contribution in [0.4, 0.5) is 0 Å². The Bertz CT molecular complexity index is 402. The molecule has 0 aromatic heterocycles. The van der Waals surface area contributed by atoms with E-state index in [1.165, 1.54) is 0 Å². The van der Waals surface area contributed by atoms with Crippen LogP contribution in [0.2, 0.25) is 0 Å². The molecule has 2 rings (SSSR count). The summed E-state index contributed by atoms with van der Waals surface area (Å²) in [7, 11) is 0. The molecule has 2 aliphatic rings. The van der Waals surface area contributed by atoms with Crippen molar-refractivity contribution in [1.82, 2.24) is 5.32 Å². The van der Waals surface area contributed by atoms with Crippen molar-refractivity contribution in [1.29, 1.82) is 0 Å². The van der Waals surface area contributed by atoms with Crippen LogP contribution >= 0.6 is 0 Å². The number of rotatable bonds is 3. The lowest BCUT2D eigenvalue weighted by Gasteiger charge is -2.39. The van der Waals surface area contributed by atoms with Crippen LogP contribution in [-0.2, 0) is 4.79 Å². The summed E-state index contributed by atoms with van der Waals surface area (Å²) in [6.45, 7) is 4.56. The molecule has 0 aliphatic heterocycles. The molecular weight excluding hydrogens is 266 g/mol. The highest BCUT2D eigenvalue weighted by molar-refractivity contribution is 6.06. The van der Waals surface area contributed by atoms with Gasteiger partial charge in [-0.2, -0.15) is 0 Å². The molecule has 0 aromatic carbocycles. The number of amides is 1. The molecule has 2 saturated carbocycles. The summed E-state index contributed by atoms with van der Waals surface area (Å²) in [6.07, 6.45) is 8.72. The van der Waals surface area contributed by atoms with Crippen LogP contribution in [0.3, 0.4) is 0 Å². The van der Waals surface area contributed by atoms with Crippen LogP contribution in [0.15, 0.2) is 5.16 Å². The maximum atomic E-state index is 12.8. The Labute approximate surface area is 127 Å². The van der Waals surface area contributed by atoms with E-state index >= 15 is 0 Å². The Morgan fingerprint density at radius 2 is 1.71 bits per heavy atom. The summed E-state index contributed by atoms with van der Waals surface area (Å²) < 4.78 is 0. The number of hydrogen-bond acceptors (Lipinski definition) is 3. The van der Waals surface area contributed by atoms with Crippen molar-refractivity contribution < 1.29 is 10.0 Å². The minimum absolute atomic E-state index is 0.0396. The summed E-state index contributed by atoms with van der Waals surface area (Å²) in [5.41, 5.74) is 5.46. The van der Waals surface area contributed by atoms with Crippen LogP contribution < -0.4 is 11.1 Å². The van der Waals surface area contributed by atoms with Gasteiger partial charge in [-0.3, -0.25) is 4.79 Å². The fourth-order valence-corrected chi connectivity index (χ4v) is 3.72. The minimum atomic E-state index is -0.792. The zero-order valence-corrected chi connectivity index (χ0v) is 13.3. The number of carbonyl (C=O) groups is 1. The van der Waals surface area contributed by atoms with Crippen LogP contribution in [0.5, 0.6) is 0 Å². The smallest absolute Gasteiger partial charge is 0.234 e. The Hall–Kier alpha value is -1.26. The number of nitrogens with two attached hydrogens (primary N) is 1. The first kappa shape index (κ1) is 16.1. The quantitative estimate of drug-likeness (QED) is 0.324. The summed E-state index contributed by atoms with van der Waals surface area (Å²) in [5.74, 6) is 0.0399. The van der Waals surface area contributed by atoms with E-state index in [1.54, 1.807) is 0 Å². The van der Waals surface area contributed by atoms with Gasteiger partial charge in [0.05, 0.1) is 0 Å². The molecule has 1 amide bonds.